The lowest BCUT2D eigenvalue weighted by molar-refractivity contribution is -0.152. The Morgan fingerprint density at radius 1 is 1.00 bits per heavy atom. The highest BCUT2D eigenvalue weighted by Gasteiger charge is 2.39. The summed E-state index contributed by atoms with van der Waals surface area (Å²) in [6, 6.07) is 18.6. The maximum atomic E-state index is 13.8. The Balaban J connectivity index is 1.74. The molecule has 0 saturated heterocycles. The molecule has 0 aliphatic carbocycles. The van der Waals surface area contributed by atoms with Crippen molar-refractivity contribution in [3.63, 3.8) is 0 Å². The van der Waals surface area contributed by atoms with Crippen molar-refractivity contribution in [3.05, 3.63) is 113 Å². The van der Waals surface area contributed by atoms with Gasteiger partial charge in [0.25, 0.3) is 0 Å². The first kappa shape index (κ1) is 25.9. The Kier molecular flexibility index (Phi) is 7.89. The van der Waals surface area contributed by atoms with Gasteiger partial charge >= 0.3 is 0 Å². The summed E-state index contributed by atoms with van der Waals surface area (Å²) in [4.78, 5) is 41.0. The Labute approximate surface area is 213 Å². The molecule has 6 nitrogen and oxygen atoms in total. The minimum atomic E-state index is -1.22. The van der Waals surface area contributed by atoms with Crippen LogP contribution in [0.5, 0.6) is 0 Å². The molecular formula is C29H27F2N3O3. The van der Waals surface area contributed by atoms with Crippen LogP contribution in [0.2, 0.25) is 0 Å². The normalized spacial score (nSPS) is 18.3. The highest BCUT2D eigenvalue weighted by molar-refractivity contribution is 6.03. The Bertz CT molecular complexity index is 1310. The van der Waals surface area contributed by atoms with Crippen LogP contribution in [-0.2, 0) is 20.8 Å². The molecule has 3 aromatic carbocycles. The molecule has 0 bridgehead atoms. The van der Waals surface area contributed by atoms with Gasteiger partial charge in [0.2, 0.25) is 17.7 Å². The van der Waals surface area contributed by atoms with E-state index >= 15 is 0 Å². The van der Waals surface area contributed by atoms with E-state index in [-0.39, 0.29) is 12.0 Å². The molecule has 8 heteroatoms. The molecule has 3 amide bonds. The molecule has 4 rings (SSSR count). The van der Waals surface area contributed by atoms with Crippen LogP contribution in [0.25, 0.3) is 5.57 Å². The van der Waals surface area contributed by atoms with Crippen molar-refractivity contribution in [1.29, 1.82) is 0 Å². The number of benzene rings is 3. The van der Waals surface area contributed by atoms with E-state index in [2.05, 4.69) is 5.32 Å². The fourth-order valence-electron chi connectivity index (χ4n) is 4.42. The molecule has 0 radical (unpaired) electrons. The summed E-state index contributed by atoms with van der Waals surface area (Å²) in [5.41, 5.74) is 8.32. The van der Waals surface area contributed by atoms with Gasteiger partial charge in [-0.15, -0.1) is 0 Å². The van der Waals surface area contributed by atoms with Gasteiger partial charge in [0, 0.05) is 12.5 Å². The van der Waals surface area contributed by atoms with E-state index in [1.807, 2.05) is 66.7 Å². The third kappa shape index (κ3) is 6.16. The van der Waals surface area contributed by atoms with Gasteiger partial charge in [-0.05, 0) is 41.3 Å². The molecule has 37 heavy (non-hydrogen) atoms. The second-order valence-electron chi connectivity index (χ2n) is 9.02. The smallest absolute Gasteiger partial charge is 0.246 e. The van der Waals surface area contributed by atoms with E-state index in [4.69, 9.17) is 5.73 Å². The first-order chi connectivity index (χ1) is 17.7. The van der Waals surface area contributed by atoms with E-state index < -0.39 is 53.9 Å². The summed E-state index contributed by atoms with van der Waals surface area (Å²) in [5.74, 6) is -3.77. The average molecular weight is 504 g/mol. The minimum absolute atomic E-state index is 0.0417. The molecule has 190 valence electrons. The summed E-state index contributed by atoms with van der Waals surface area (Å²) < 4.78 is 27.5. The van der Waals surface area contributed by atoms with E-state index in [9.17, 15) is 23.2 Å². The van der Waals surface area contributed by atoms with E-state index in [0.717, 1.165) is 33.7 Å². The zero-order valence-corrected chi connectivity index (χ0v) is 20.2. The Morgan fingerprint density at radius 3 is 2.19 bits per heavy atom. The zero-order valence-electron chi connectivity index (χ0n) is 20.2. The second-order valence-corrected chi connectivity index (χ2v) is 9.02. The van der Waals surface area contributed by atoms with Crippen LogP contribution < -0.4 is 11.1 Å². The predicted molar refractivity (Wildman–Crippen MR) is 136 cm³/mol. The highest BCUT2D eigenvalue weighted by Crippen LogP contribution is 2.30. The minimum Gasteiger partial charge on any atom is -0.344 e. The SMILES string of the molecule is C[C@H](N)C(=O)N(C(=O)Cc1cc(F)cc(F)c1)[C@H]1CC(c2ccccc2)=C[C@@H](c2ccccc2)NC1=O. The molecule has 3 N–H and O–H groups in total. The van der Waals surface area contributed by atoms with Gasteiger partial charge in [-0.1, -0.05) is 66.7 Å². The zero-order chi connectivity index (χ0) is 26.5. The number of carbonyl (C=O) groups excluding carboxylic acids is 3. The second kappa shape index (κ2) is 11.3. The molecular weight excluding hydrogens is 476 g/mol. The van der Waals surface area contributed by atoms with Crippen molar-refractivity contribution in [2.24, 2.45) is 5.73 Å². The van der Waals surface area contributed by atoms with Crippen molar-refractivity contribution in [1.82, 2.24) is 10.2 Å². The van der Waals surface area contributed by atoms with Crippen LogP contribution >= 0.6 is 0 Å². The lowest BCUT2D eigenvalue weighted by Gasteiger charge is -2.30. The van der Waals surface area contributed by atoms with Crippen LogP contribution in [0.3, 0.4) is 0 Å². The molecule has 0 saturated carbocycles. The van der Waals surface area contributed by atoms with E-state index in [1.54, 1.807) is 0 Å². The molecule has 1 heterocycles. The number of nitrogens with one attached hydrogen (secondary N) is 1. The van der Waals surface area contributed by atoms with Crippen LogP contribution in [0, 0.1) is 11.6 Å². The Hall–Kier alpha value is -4.17. The summed E-state index contributed by atoms with van der Waals surface area (Å²) in [6.07, 6.45) is 1.47. The van der Waals surface area contributed by atoms with Crippen LogP contribution in [0.4, 0.5) is 8.78 Å². The first-order valence-electron chi connectivity index (χ1n) is 11.9. The summed E-state index contributed by atoms with van der Waals surface area (Å²) in [6.45, 7) is 1.42. The number of nitrogens with zero attached hydrogens (tertiary/aromatic N) is 1. The van der Waals surface area contributed by atoms with Crippen molar-refractivity contribution in [2.45, 2.75) is 37.9 Å². The number of hydrogen-bond acceptors (Lipinski definition) is 4. The third-order valence-corrected chi connectivity index (χ3v) is 6.17. The van der Waals surface area contributed by atoms with Gasteiger partial charge in [0.15, 0.2) is 0 Å². The van der Waals surface area contributed by atoms with Crippen molar-refractivity contribution in [2.75, 3.05) is 0 Å². The summed E-state index contributed by atoms with van der Waals surface area (Å²) in [7, 11) is 0. The Morgan fingerprint density at radius 2 is 1.59 bits per heavy atom. The quantitative estimate of drug-likeness (QED) is 0.533. The number of halogens is 2. The molecule has 3 atom stereocenters. The van der Waals surface area contributed by atoms with Crippen molar-refractivity contribution < 1.29 is 23.2 Å². The standard InChI is InChI=1S/C29H27F2N3O3/c1-18(32)29(37)34(27(35)14-19-12-23(30)17-24(31)13-19)26-16-22(20-8-4-2-5-9-20)15-25(33-28(26)36)21-10-6-3-7-11-21/h2-13,15,17-18,25-26H,14,16,32H2,1H3,(H,33,36)/t18-,25-,26-/m0/s1. The maximum Gasteiger partial charge on any atom is 0.246 e. The van der Waals surface area contributed by atoms with E-state index in [1.165, 1.54) is 6.92 Å². The third-order valence-electron chi connectivity index (χ3n) is 6.17. The molecule has 0 unspecified atom stereocenters. The molecule has 1 aliphatic heterocycles. The fraction of sp³-hybridized carbons (Fsp3) is 0.207. The molecule has 3 aromatic rings. The number of imide groups is 1. The van der Waals surface area contributed by atoms with Crippen LogP contribution in [-0.4, -0.2) is 34.7 Å². The summed E-state index contributed by atoms with van der Waals surface area (Å²) in [5, 5.41) is 2.93. The van der Waals surface area contributed by atoms with Gasteiger partial charge < -0.3 is 11.1 Å². The number of nitrogens with two attached hydrogens (primary N) is 1. The number of hydrogen-bond donors (Lipinski definition) is 2. The largest absolute Gasteiger partial charge is 0.344 e. The first-order valence-corrected chi connectivity index (χ1v) is 11.9. The van der Waals surface area contributed by atoms with Gasteiger partial charge in [0.05, 0.1) is 18.5 Å². The summed E-state index contributed by atoms with van der Waals surface area (Å²) >= 11 is 0. The van der Waals surface area contributed by atoms with Crippen LogP contribution in [0.1, 0.15) is 36.1 Å². The maximum absolute atomic E-state index is 13.8. The number of carbonyl (C=O) groups is 3. The monoisotopic (exact) mass is 503 g/mol. The van der Waals surface area contributed by atoms with Gasteiger partial charge in [0.1, 0.15) is 17.7 Å². The van der Waals surface area contributed by atoms with Gasteiger partial charge in [-0.2, -0.15) is 0 Å². The van der Waals surface area contributed by atoms with Crippen molar-refractivity contribution >= 4 is 23.3 Å². The molecule has 0 spiro atoms. The van der Waals surface area contributed by atoms with Gasteiger partial charge in [-0.25, -0.2) is 8.78 Å². The predicted octanol–water partition coefficient (Wildman–Crippen LogP) is 3.92. The number of amides is 3. The molecule has 0 fully saturated rings. The fourth-order valence-corrected chi connectivity index (χ4v) is 4.42. The molecule has 1 aliphatic rings. The average Bonchev–Trinajstić information content (AvgIpc) is 3.04. The van der Waals surface area contributed by atoms with Crippen molar-refractivity contribution in [3.8, 4) is 0 Å². The topological polar surface area (TPSA) is 92.5 Å². The van der Waals surface area contributed by atoms with Crippen LogP contribution in [0.15, 0.2) is 84.9 Å². The lowest BCUT2D eigenvalue weighted by Crippen LogP contribution is -2.56. The van der Waals surface area contributed by atoms with Gasteiger partial charge in [-0.3, -0.25) is 19.3 Å². The van der Waals surface area contributed by atoms with E-state index in [0.29, 0.717) is 6.07 Å². The lowest BCUT2D eigenvalue weighted by atomic mass is 9.95. The number of rotatable bonds is 6. The molecule has 0 aromatic heterocycles. The highest BCUT2D eigenvalue weighted by atomic mass is 19.1.